The number of fused-ring (bicyclic) bond motifs is 1. The van der Waals surface area contributed by atoms with Gasteiger partial charge in [-0.3, -0.25) is 4.79 Å². The number of halogens is 4. The molecule has 1 aromatic carbocycles. The quantitative estimate of drug-likeness (QED) is 0.813. The summed E-state index contributed by atoms with van der Waals surface area (Å²) in [5.41, 5.74) is -2.05. The molecule has 0 radical (unpaired) electrons. The van der Waals surface area contributed by atoms with Gasteiger partial charge in [0.1, 0.15) is 17.7 Å². The molecule has 2 aromatic rings. The fourth-order valence-corrected chi connectivity index (χ4v) is 2.76. The van der Waals surface area contributed by atoms with Gasteiger partial charge >= 0.3 is 12.1 Å². The van der Waals surface area contributed by atoms with E-state index < -0.39 is 41.0 Å². The normalized spacial score (nSPS) is 17.1. The summed E-state index contributed by atoms with van der Waals surface area (Å²) in [7, 11) is 0. The topological polar surface area (TPSA) is 88.3 Å². The molecule has 7 nitrogen and oxygen atoms in total. The number of aromatic nitrogens is 3. The summed E-state index contributed by atoms with van der Waals surface area (Å²) in [5.74, 6) is -3.00. The minimum Gasteiger partial charge on any atom is -0.480 e. The molecule has 0 fully saturated rings. The molecule has 1 aliphatic rings. The van der Waals surface area contributed by atoms with E-state index in [0.29, 0.717) is 24.0 Å². The molecule has 3 rings (SSSR count). The van der Waals surface area contributed by atoms with E-state index in [-0.39, 0.29) is 18.9 Å². The van der Waals surface area contributed by atoms with E-state index in [2.05, 4.69) is 10.2 Å². The van der Waals surface area contributed by atoms with E-state index in [4.69, 9.17) is 0 Å². The van der Waals surface area contributed by atoms with Gasteiger partial charge in [0, 0.05) is 0 Å². The number of carbonyl (C=O) groups excluding carboxylic acids is 1. The second kappa shape index (κ2) is 6.07. The average Bonchev–Trinajstić information content (AvgIpc) is 2.93. The molecule has 1 aromatic heterocycles. The highest BCUT2D eigenvalue weighted by Crippen LogP contribution is 2.31. The Labute approximate surface area is 143 Å². The molecule has 1 aliphatic heterocycles. The van der Waals surface area contributed by atoms with E-state index >= 15 is 0 Å². The molecule has 0 saturated heterocycles. The maximum atomic E-state index is 14.0. The van der Waals surface area contributed by atoms with Gasteiger partial charge in [-0.05, 0) is 25.1 Å². The Morgan fingerprint density at radius 3 is 2.58 bits per heavy atom. The Bertz CT molecular complexity index is 894. The van der Waals surface area contributed by atoms with Crippen molar-refractivity contribution in [2.45, 2.75) is 32.2 Å². The number of benzene rings is 1. The zero-order chi connectivity index (χ0) is 19.2. The highest BCUT2D eigenvalue weighted by Gasteiger charge is 2.39. The molecule has 11 heteroatoms. The summed E-state index contributed by atoms with van der Waals surface area (Å²) in [6.07, 6.45) is -4.77. The Balaban J connectivity index is 2.02. The summed E-state index contributed by atoms with van der Waals surface area (Å²) < 4.78 is 54.0. The van der Waals surface area contributed by atoms with Crippen LogP contribution in [0.2, 0.25) is 0 Å². The molecule has 0 aliphatic carbocycles. The van der Waals surface area contributed by atoms with Crippen LogP contribution in [-0.2, 0) is 24.1 Å². The minimum atomic E-state index is -4.77. The van der Waals surface area contributed by atoms with Crippen molar-refractivity contribution in [1.29, 1.82) is 0 Å². The smallest absolute Gasteiger partial charge is 0.416 e. The molecule has 138 valence electrons. The lowest BCUT2D eigenvalue weighted by Crippen LogP contribution is -2.51. The van der Waals surface area contributed by atoms with Crippen LogP contribution < -0.4 is 0 Å². The number of hydrogen-bond donors (Lipinski definition) is 1. The molecule has 2 heterocycles. The van der Waals surface area contributed by atoms with Gasteiger partial charge in [-0.1, -0.05) is 0 Å². The maximum absolute atomic E-state index is 14.0. The number of hydrogen-bond acceptors (Lipinski definition) is 4. The second-order valence-corrected chi connectivity index (χ2v) is 5.75. The lowest BCUT2D eigenvalue weighted by atomic mass is 10.1. The van der Waals surface area contributed by atoms with Crippen molar-refractivity contribution >= 4 is 11.9 Å². The van der Waals surface area contributed by atoms with E-state index in [1.54, 1.807) is 6.92 Å². The first-order valence-corrected chi connectivity index (χ1v) is 7.38. The Hall–Kier alpha value is -2.98. The van der Waals surface area contributed by atoms with Crippen LogP contribution in [0, 0.1) is 12.7 Å². The van der Waals surface area contributed by atoms with Crippen LogP contribution in [0.1, 0.15) is 27.6 Å². The van der Waals surface area contributed by atoms with Gasteiger partial charge in [0.15, 0.2) is 5.82 Å². The fourth-order valence-electron chi connectivity index (χ4n) is 2.76. The highest BCUT2D eigenvalue weighted by atomic mass is 19.4. The Morgan fingerprint density at radius 2 is 1.96 bits per heavy atom. The number of aryl methyl sites for hydroxylation is 1. The van der Waals surface area contributed by atoms with Gasteiger partial charge in [-0.25, -0.2) is 9.18 Å². The van der Waals surface area contributed by atoms with Crippen LogP contribution in [0.25, 0.3) is 0 Å². The van der Waals surface area contributed by atoms with Crippen molar-refractivity contribution in [3.8, 4) is 0 Å². The number of alkyl halides is 3. The lowest BCUT2D eigenvalue weighted by molar-refractivity contribution is -0.144. The summed E-state index contributed by atoms with van der Waals surface area (Å²) in [4.78, 5) is 24.9. The Kier molecular flexibility index (Phi) is 4.17. The lowest BCUT2D eigenvalue weighted by Gasteiger charge is -2.33. The van der Waals surface area contributed by atoms with Crippen LogP contribution in [0.5, 0.6) is 0 Å². The van der Waals surface area contributed by atoms with Crippen molar-refractivity contribution in [1.82, 2.24) is 19.7 Å². The monoisotopic (exact) mass is 372 g/mol. The fraction of sp³-hybridized carbons (Fsp3) is 0.333. The molecule has 0 bridgehead atoms. The molecule has 1 amide bonds. The standard InChI is InChI=1S/C15H12F4N4O3/c1-7-20-21-12-6-23(11(14(25)26)5-22(7)12)13(24)9-4-8(15(17,18)19)2-3-10(9)16/h2-4,11H,5-6H2,1H3,(H,25,26). The Morgan fingerprint density at radius 1 is 1.27 bits per heavy atom. The third kappa shape index (κ3) is 3.00. The third-order valence-corrected chi connectivity index (χ3v) is 4.13. The average molecular weight is 372 g/mol. The zero-order valence-electron chi connectivity index (χ0n) is 13.3. The first-order valence-electron chi connectivity index (χ1n) is 7.38. The van der Waals surface area contributed by atoms with Crippen molar-refractivity contribution in [2.75, 3.05) is 0 Å². The molecule has 26 heavy (non-hydrogen) atoms. The van der Waals surface area contributed by atoms with Crippen molar-refractivity contribution in [2.24, 2.45) is 0 Å². The van der Waals surface area contributed by atoms with E-state index in [1.165, 1.54) is 4.57 Å². The molecule has 0 saturated carbocycles. The van der Waals surface area contributed by atoms with Crippen LogP contribution in [0.15, 0.2) is 18.2 Å². The third-order valence-electron chi connectivity index (χ3n) is 4.13. The first kappa shape index (κ1) is 17.8. The predicted octanol–water partition coefficient (Wildman–Crippen LogP) is 1.85. The van der Waals surface area contributed by atoms with Crippen molar-refractivity contribution in [3.63, 3.8) is 0 Å². The highest BCUT2D eigenvalue weighted by molar-refractivity contribution is 5.97. The van der Waals surface area contributed by atoms with Gasteiger partial charge in [-0.15, -0.1) is 10.2 Å². The van der Waals surface area contributed by atoms with Gasteiger partial charge in [0.25, 0.3) is 5.91 Å². The van der Waals surface area contributed by atoms with E-state index in [0.717, 1.165) is 4.90 Å². The van der Waals surface area contributed by atoms with Gasteiger partial charge < -0.3 is 14.6 Å². The number of carbonyl (C=O) groups is 2. The summed E-state index contributed by atoms with van der Waals surface area (Å²) >= 11 is 0. The second-order valence-electron chi connectivity index (χ2n) is 5.75. The summed E-state index contributed by atoms with van der Waals surface area (Å²) in [6.45, 7) is 1.10. The van der Waals surface area contributed by atoms with Crippen LogP contribution in [-0.4, -0.2) is 42.7 Å². The number of aliphatic carboxylic acids is 1. The summed E-state index contributed by atoms with van der Waals surface area (Å²) in [5, 5.41) is 17.0. The van der Waals surface area contributed by atoms with Crippen molar-refractivity contribution < 1.29 is 32.3 Å². The maximum Gasteiger partial charge on any atom is 0.416 e. The number of carboxylic acids is 1. The SMILES string of the molecule is Cc1nnc2n1CC(C(=O)O)N(C(=O)c1cc(C(F)(F)F)ccc1F)C2. The predicted molar refractivity (Wildman–Crippen MR) is 77.5 cm³/mol. The van der Waals surface area contributed by atoms with Crippen molar-refractivity contribution in [3.05, 3.63) is 46.8 Å². The number of rotatable bonds is 2. The van der Waals surface area contributed by atoms with Crippen LogP contribution in [0.4, 0.5) is 17.6 Å². The first-order chi connectivity index (χ1) is 12.1. The molecule has 0 spiro atoms. The minimum absolute atomic E-state index is 0.185. The largest absolute Gasteiger partial charge is 0.480 e. The number of carboxylic acid groups (broad SMARTS) is 1. The van der Waals surface area contributed by atoms with E-state index in [1.807, 2.05) is 0 Å². The molecule has 1 atom stereocenters. The molecule has 1 N–H and O–H groups in total. The summed E-state index contributed by atoms with van der Waals surface area (Å²) in [6, 6.07) is 0.0271. The van der Waals surface area contributed by atoms with Crippen LogP contribution >= 0.6 is 0 Å². The van der Waals surface area contributed by atoms with Gasteiger partial charge in [0.05, 0.1) is 24.2 Å². The van der Waals surface area contributed by atoms with E-state index in [9.17, 15) is 32.3 Å². The molecule has 1 unspecified atom stereocenters. The molecular formula is C15H12F4N4O3. The zero-order valence-corrected chi connectivity index (χ0v) is 13.3. The van der Waals surface area contributed by atoms with Crippen LogP contribution in [0.3, 0.4) is 0 Å². The van der Waals surface area contributed by atoms with Gasteiger partial charge in [0.2, 0.25) is 0 Å². The number of nitrogens with zero attached hydrogens (tertiary/aromatic N) is 4. The molecular weight excluding hydrogens is 360 g/mol. The number of amides is 1. The van der Waals surface area contributed by atoms with Gasteiger partial charge in [-0.2, -0.15) is 13.2 Å².